The Morgan fingerprint density at radius 2 is 1.66 bits per heavy atom. The van der Waals surface area contributed by atoms with Gasteiger partial charge in [-0.3, -0.25) is 4.79 Å². The van der Waals surface area contributed by atoms with Crippen molar-refractivity contribution in [3.63, 3.8) is 0 Å². The summed E-state index contributed by atoms with van der Waals surface area (Å²) in [5.41, 5.74) is -1.48. The first-order valence-electron chi connectivity index (χ1n) is 9.02. The van der Waals surface area contributed by atoms with Gasteiger partial charge in [-0.2, -0.15) is 13.2 Å². The van der Waals surface area contributed by atoms with Gasteiger partial charge in [-0.25, -0.2) is 4.79 Å². The predicted molar refractivity (Wildman–Crippen MR) is 104 cm³/mol. The van der Waals surface area contributed by atoms with Gasteiger partial charge in [0.2, 0.25) is 16.9 Å². The van der Waals surface area contributed by atoms with E-state index in [9.17, 15) is 22.8 Å². The third-order valence-corrected chi connectivity index (χ3v) is 4.29. The third kappa shape index (κ3) is 4.15. The smallest absolute Gasteiger partial charge is 0.453 e. The summed E-state index contributed by atoms with van der Waals surface area (Å²) >= 11 is 0. The number of fused-ring (bicyclic) bond motifs is 1. The number of alkyl halides is 3. The Morgan fingerprint density at radius 3 is 2.28 bits per heavy atom. The number of ether oxygens (including phenoxy) is 3. The van der Waals surface area contributed by atoms with Crippen molar-refractivity contribution in [1.82, 2.24) is 0 Å². The molecule has 0 fully saturated rings. The van der Waals surface area contributed by atoms with Crippen LogP contribution < -0.4 is 19.6 Å². The van der Waals surface area contributed by atoms with Gasteiger partial charge in [0.25, 0.3) is 5.76 Å². The van der Waals surface area contributed by atoms with Crippen LogP contribution in [0.2, 0.25) is 0 Å². The number of carbonyl (C=O) groups excluding carboxylic acids is 1. The normalized spacial score (nSPS) is 11.4. The highest BCUT2D eigenvalue weighted by Gasteiger charge is 2.40. The topological polar surface area (TPSA) is 88.1 Å². The van der Waals surface area contributed by atoms with Crippen LogP contribution in [0.3, 0.4) is 0 Å². The molecule has 164 valence electrons. The van der Waals surface area contributed by atoms with Crippen molar-refractivity contribution >= 4 is 16.9 Å². The van der Waals surface area contributed by atoms with E-state index in [-0.39, 0.29) is 22.6 Å². The van der Waals surface area contributed by atoms with Crippen LogP contribution in [-0.2, 0) is 6.18 Å². The van der Waals surface area contributed by atoms with E-state index in [4.69, 9.17) is 23.0 Å². The molecule has 0 aliphatic carbocycles. The zero-order valence-electron chi connectivity index (χ0n) is 16.3. The Morgan fingerprint density at radius 1 is 0.969 bits per heavy atom. The Labute approximate surface area is 177 Å². The lowest BCUT2D eigenvalue weighted by Crippen LogP contribution is -2.15. The van der Waals surface area contributed by atoms with Gasteiger partial charge in [0.15, 0.2) is 0 Å². The van der Waals surface area contributed by atoms with Gasteiger partial charge in [0.05, 0.1) is 18.8 Å². The molecule has 0 amide bonds. The summed E-state index contributed by atoms with van der Waals surface area (Å²) in [4.78, 5) is 24.8. The molecule has 0 spiro atoms. The third-order valence-electron chi connectivity index (χ3n) is 4.29. The van der Waals surface area contributed by atoms with Gasteiger partial charge in [-0.05, 0) is 48.5 Å². The lowest BCUT2D eigenvalue weighted by Gasteiger charge is -2.13. The number of halogens is 3. The highest BCUT2D eigenvalue weighted by atomic mass is 19.4. The molecule has 2 aromatic heterocycles. The molecule has 2 aromatic carbocycles. The number of furan rings is 1. The molecule has 7 nitrogen and oxygen atoms in total. The zero-order chi connectivity index (χ0) is 22.9. The Balaban J connectivity index is 1.76. The summed E-state index contributed by atoms with van der Waals surface area (Å²) in [7, 11) is 1.43. The molecular formula is C22H13F3O7. The van der Waals surface area contributed by atoms with Crippen molar-refractivity contribution in [2.24, 2.45) is 0 Å². The SMILES string of the molecule is COc1ccc(Oc2c(C(F)(F)F)oc3cc(OC(=O)c4ccco4)ccc3c2=O)cc1. The van der Waals surface area contributed by atoms with Crippen molar-refractivity contribution in [2.75, 3.05) is 7.11 Å². The summed E-state index contributed by atoms with van der Waals surface area (Å²) in [5, 5.41) is -0.195. The lowest BCUT2D eigenvalue weighted by atomic mass is 10.2. The number of hydrogen-bond acceptors (Lipinski definition) is 7. The van der Waals surface area contributed by atoms with Crippen LogP contribution in [0, 0.1) is 0 Å². The van der Waals surface area contributed by atoms with Crippen molar-refractivity contribution in [1.29, 1.82) is 0 Å². The Bertz CT molecular complexity index is 1320. The van der Waals surface area contributed by atoms with Crippen LogP contribution in [0.5, 0.6) is 23.0 Å². The summed E-state index contributed by atoms with van der Waals surface area (Å²) in [5.74, 6) is -3.32. The van der Waals surface area contributed by atoms with Crippen LogP contribution in [0.15, 0.2) is 74.5 Å². The highest BCUT2D eigenvalue weighted by Crippen LogP contribution is 2.38. The highest BCUT2D eigenvalue weighted by molar-refractivity contribution is 5.89. The van der Waals surface area contributed by atoms with Crippen LogP contribution in [0.1, 0.15) is 16.3 Å². The van der Waals surface area contributed by atoms with Crippen LogP contribution in [-0.4, -0.2) is 13.1 Å². The zero-order valence-corrected chi connectivity index (χ0v) is 16.3. The second kappa shape index (κ2) is 8.14. The Kier molecular flexibility index (Phi) is 5.35. The summed E-state index contributed by atoms with van der Waals surface area (Å²) in [6, 6.07) is 11.9. The fourth-order valence-corrected chi connectivity index (χ4v) is 2.81. The van der Waals surface area contributed by atoms with Crippen molar-refractivity contribution in [2.45, 2.75) is 6.18 Å². The maximum atomic E-state index is 13.6. The average Bonchev–Trinajstić information content (AvgIpc) is 3.30. The molecule has 0 N–H and O–H groups in total. The summed E-state index contributed by atoms with van der Waals surface area (Å²) in [6.07, 6.45) is -3.77. The van der Waals surface area contributed by atoms with Crippen molar-refractivity contribution in [3.05, 3.63) is 82.6 Å². The quantitative estimate of drug-likeness (QED) is 0.299. The van der Waals surface area contributed by atoms with Gasteiger partial charge in [0.1, 0.15) is 22.8 Å². The van der Waals surface area contributed by atoms with E-state index >= 15 is 0 Å². The molecule has 0 saturated heterocycles. The maximum absolute atomic E-state index is 13.6. The molecule has 0 aliphatic heterocycles. The molecule has 4 rings (SSSR count). The van der Waals surface area contributed by atoms with E-state index in [2.05, 4.69) is 0 Å². The van der Waals surface area contributed by atoms with Crippen LogP contribution in [0.25, 0.3) is 11.0 Å². The van der Waals surface area contributed by atoms with E-state index in [0.717, 1.165) is 6.07 Å². The predicted octanol–water partition coefficient (Wildman–Crippen LogP) is 5.42. The molecular weight excluding hydrogens is 433 g/mol. The van der Waals surface area contributed by atoms with E-state index in [1.54, 1.807) is 0 Å². The van der Waals surface area contributed by atoms with Crippen LogP contribution >= 0.6 is 0 Å². The second-order valence-corrected chi connectivity index (χ2v) is 6.39. The van der Waals surface area contributed by atoms with Crippen molar-refractivity contribution in [3.8, 4) is 23.0 Å². The molecule has 0 atom stereocenters. The number of rotatable bonds is 5. The number of carbonyl (C=O) groups is 1. The van der Waals surface area contributed by atoms with Gasteiger partial charge >= 0.3 is 12.1 Å². The molecule has 0 saturated carbocycles. The summed E-state index contributed by atoms with van der Waals surface area (Å²) < 4.78 is 66.1. The summed E-state index contributed by atoms with van der Waals surface area (Å²) in [6.45, 7) is 0. The fraction of sp³-hybridized carbons (Fsp3) is 0.0909. The number of esters is 1. The van der Waals surface area contributed by atoms with Gasteiger partial charge in [0, 0.05) is 6.07 Å². The van der Waals surface area contributed by atoms with E-state index < -0.39 is 34.7 Å². The molecule has 2 heterocycles. The van der Waals surface area contributed by atoms with E-state index in [1.807, 2.05) is 0 Å². The lowest BCUT2D eigenvalue weighted by molar-refractivity contribution is -0.154. The molecule has 4 aromatic rings. The fourth-order valence-electron chi connectivity index (χ4n) is 2.81. The minimum atomic E-state index is -5.03. The first kappa shape index (κ1) is 21.0. The van der Waals surface area contributed by atoms with Gasteiger partial charge in [-0.15, -0.1) is 0 Å². The maximum Gasteiger partial charge on any atom is 0.453 e. The minimum Gasteiger partial charge on any atom is -0.497 e. The molecule has 10 heteroatoms. The monoisotopic (exact) mass is 446 g/mol. The van der Waals surface area contributed by atoms with E-state index in [1.165, 1.54) is 61.9 Å². The number of methoxy groups -OCH3 is 1. The van der Waals surface area contributed by atoms with Gasteiger partial charge in [-0.1, -0.05) is 0 Å². The molecule has 0 unspecified atom stereocenters. The van der Waals surface area contributed by atoms with Gasteiger partial charge < -0.3 is 23.0 Å². The average molecular weight is 446 g/mol. The van der Waals surface area contributed by atoms with Crippen molar-refractivity contribution < 1.29 is 41.0 Å². The number of benzene rings is 2. The molecule has 32 heavy (non-hydrogen) atoms. The first-order chi connectivity index (χ1) is 15.3. The second-order valence-electron chi connectivity index (χ2n) is 6.39. The standard InChI is InChI=1S/C22H13F3O7/c1-28-12-4-6-13(7-5-12)30-19-18(26)15-9-8-14(31-21(27)16-3-2-10-29-16)11-17(15)32-20(19)22(23,24)25/h2-11H,1H3. The minimum absolute atomic E-state index is 0.0213. The van der Waals surface area contributed by atoms with Crippen LogP contribution in [0.4, 0.5) is 13.2 Å². The first-order valence-corrected chi connectivity index (χ1v) is 9.02. The molecule has 0 radical (unpaired) electrons. The Hall–Kier alpha value is -4.21. The van der Waals surface area contributed by atoms with E-state index in [0.29, 0.717) is 5.75 Å². The number of hydrogen-bond donors (Lipinski definition) is 0. The molecule has 0 aliphatic rings. The molecule has 0 bridgehead atoms. The largest absolute Gasteiger partial charge is 0.497 e.